The van der Waals surface area contributed by atoms with Crippen LogP contribution >= 0.6 is 0 Å². The van der Waals surface area contributed by atoms with Crippen molar-refractivity contribution in [3.05, 3.63) is 30.1 Å². The summed E-state index contributed by atoms with van der Waals surface area (Å²) in [5.41, 5.74) is 0. The summed E-state index contributed by atoms with van der Waals surface area (Å²) in [6.07, 6.45) is 2.20. The van der Waals surface area contributed by atoms with Crippen molar-refractivity contribution in [2.24, 2.45) is 4.99 Å². The third-order valence-electron chi connectivity index (χ3n) is 4.53. The van der Waals surface area contributed by atoms with Gasteiger partial charge in [0.1, 0.15) is 17.7 Å². The molecule has 140 valence electrons. The van der Waals surface area contributed by atoms with Gasteiger partial charge in [-0.3, -0.25) is 4.99 Å². The van der Waals surface area contributed by atoms with E-state index >= 15 is 0 Å². The highest BCUT2D eigenvalue weighted by Crippen LogP contribution is 2.14. The molecule has 1 atom stereocenters. The Morgan fingerprint density at radius 2 is 1.88 bits per heavy atom. The summed E-state index contributed by atoms with van der Waals surface area (Å²) in [6.45, 7) is 9.34. The Kier molecular flexibility index (Phi) is 7.50. The molecule has 1 aromatic carbocycles. The second-order valence-electron chi connectivity index (χ2n) is 6.88. The highest BCUT2D eigenvalue weighted by atomic mass is 19.1. The van der Waals surface area contributed by atoms with E-state index in [0.29, 0.717) is 24.4 Å². The largest absolute Gasteiger partial charge is 0.489 e. The quantitative estimate of drug-likeness (QED) is 0.612. The SMILES string of the molecule is CN=C(NCC(C)Oc1ccc(F)cc1)NC1CCN(C(C)C)CC1. The fourth-order valence-corrected chi connectivity index (χ4v) is 2.98. The van der Waals surface area contributed by atoms with Crippen LogP contribution in [0.15, 0.2) is 29.3 Å². The Bertz CT molecular complexity index is 539. The molecule has 0 saturated carbocycles. The van der Waals surface area contributed by atoms with Crippen LogP contribution in [0.25, 0.3) is 0 Å². The Hall–Kier alpha value is -1.82. The molecule has 1 unspecified atom stereocenters. The first-order chi connectivity index (χ1) is 12.0. The van der Waals surface area contributed by atoms with E-state index in [4.69, 9.17) is 4.74 Å². The van der Waals surface area contributed by atoms with E-state index in [-0.39, 0.29) is 11.9 Å². The molecule has 6 heteroatoms. The molecular weight excluding hydrogens is 319 g/mol. The number of hydrogen-bond donors (Lipinski definition) is 2. The Morgan fingerprint density at radius 1 is 1.24 bits per heavy atom. The molecule has 1 aliphatic heterocycles. The predicted molar refractivity (Wildman–Crippen MR) is 101 cm³/mol. The minimum Gasteiger partial charge on any atom is -0.489 e. The number of hydrogen-bond acceptors (Lipinski definition) is 3. The lowest BCUT2D eigenvalue weighted by molar-refractivity contribution is 0.167. The van der Waals surface area contributed by atoms with Crippen molar-refractivity contribution in [2.45, 2.75) is 51.8 Å². The summed E-state index contributed by atoms with van der Waals surface area (Å²) >= 11 is 0. The molecule has 0 spiro atoms. The van der Waals surface area contributed by atoms with Gasteiger partial charge in [-0.25, -0.2) is 4.39 Å². The van der Waals surface area contributed by atoms with Gasteiger partial charge < -0.3 is 20.3 Å². The maximum absolute atomic E-state index is 12.9. The highest BCUT2D eigenvalue weighted by molar-refractivity contribution is 5.80. The van der Waals surface area contributed by atoms with Crippen LogP contribution in [0.4, 0.5) is 4.39 Å². The lowest BCUT2D eigenvalue weighted by atomic mass is 10.0. The standard InChI is InChI=1S/C19H31FN4O/c1-14(2)24-11-9-17(10-12-24)23-19(21-4)22-13-15(3)25-18-7-5-16(20)6-8-18/h5-8,14-15,17H,9-13H2,1-4H3,(H2,21,22,23). The van der Waals surface area contributed by atoms with Gasteiger partial charge in [0.2, 0.25) is 0 Å². The zero-order chi connectivity index (χ0) is 18.2. The molecule has 0 amide bonds. The van der Waals surface area contributed by atoms with Crippen LogP contribution in [0.5, 0.6) is 5.75 Å². The third kappa shape index (κ3) is 6.53. The minimum absolute atomic E-state index is 0.0493. The maximum atomic E-state index is 12.9. The summed E-state index contributed by atoms with van der Waals surface area (Å²) in [5.74, 6) is 1.21. The highest BCUT2D eigenvalue weighted by Gasteiger charge is 2.21. The summed E-state index contributed by atoms with van der Waals surface area (Å²) in [4.78, 5) is 6.81. The van der Waals surface area contributed by atoms with E-state index in [9.17, 15) is 4.39 Å². The molecule has 0 aromatic heterocycles. The summed E-state index contributed by atoms with van der Waals surface area (Å²) in [6, 6.07) is 7.15. The Morgan fingerprint density at radius 3 is 2.44 bits per heavy atom. The molecule has 1 heterocycles. The van der Waals surface area contributed by atoms with E-state index in [0.717, 1.165) is 31.9 Å². The normalized spacial score (nSPS) is 18.2. The first-order valence-corrected chi connectivity index (χ1v) is 9.11. The van der Waals surface area contributed by atoms with E-state index in [1.807, 2.05) is 6.92 Å². The molecule has 0 radical (unpaired) electrons. The van der Waals surface area contributed by atoms with E-state index in [1.165, 1.54) is 12.1 Å². The van der Waals surface area contributed by atoms with Crippen LogP contribution in [0.1, 0.15) is 33.6 Å². The first kappa shape index (κ1) is 19.5. The van der Waals surface area contributed by atoms with Gasteiger partial charge >= 0.3 is 0 Å². The van der Waals surface area contributed by atoms with Crippen molar-refractivity contribution >= 4 is 5.96 Å². The van der Waals surface area contributed by atoms with Gasteiger partial charge in [0.05, 0.1) is 6.54 Å². The fourth-order valence-electron chi connectivity index (χ4n) is 2.98. The van der Waals surface area contributed by atoms with Crippen molar-refractivity contribution in [2.75, 3.05) is 26.7 Å². The van der Waals surface area contributed by atoms with Crippen LogP contribution in [-0.4, -0.2) is 55.7 Å². The second-order valence-corrected chi connectivity index (χ2v) is 6.88. The van der Waals surface area contributed by atoms with E-state index < -0.39 is 0 Å². The number of nitrogens with zero attached hydrogens (tertiary/aromatic N) is 2. The molecular formula is C19H31FN4O. The zero-order valence-corrected chi connectivity index (χ0v) is 15.8. The minimum atomic E-state index is -0.258. The molecule has 1 aromatic rings. The number of piperidine rings is 1. The monoisotopic (exact) mass is 350 g/mol. The number of halogens is 1. The summed E-state index contributed by atoms with van der Waals surface area (Å²) in [5, 5.41) is 6.81. The summed E-state index contributed by atoms with van der Waals surface area (Å²) in [7, 11) is 1.78. The van der Waals surface area contributed by atoms with E-state index in [1.54, 1.807) is 19.2 Å². The van der Waals surface area contributed by atoms with Gasteiger partial charge in [-0.05, 0) is 57.9 Å². The van der Waals surface area contributed by atoms with Crippen LogP contribution in [0.2, 0.25) is 0 Å². The van der Waals surface area contributed by atoms with Gasteiger partial charge in [0, 0.05) is 32.2 Å². The molecule has 1 aliphatic rings. The maximum Gasteiger partial charge on any atom is 0.191 e. The number of likely N-dealkylation sites (tertiary alicyclic amines) is 1. The number of benzene rings is 1. The predicted octanol–water partition coefficient (Wildman–Crippen LogP) is 2.63. The molecule has 1 fully saturated rings. The van der Waals surface area contributed by atoms with Gasteiger partial charge in [0.15, 0.2) is 5.96 Å². The molecule has 0 aliphatic carbocycles. The van der Waals surface area contributed by atoms with Crippen molar-refractivity contribution in [3.63, 3.8) is 0 Å². The lowest BCUT2D eigenvalue weighted by Crippen LogP contribution is -2.50. The molecule has 0 bridgehead atoms. The molecule has 25 heavy (non-hydrogen) atoms. The van der Waals surface area contributed by atoms with Crippen molar-refractivity contribution in [1.82, 2.24) is 15.5 Å². The van der Waals surface area contributed by atoms with Crippen LogP contribution < -0.4 is 15.4 Å². The number of rotatable bonds is 6. The molecule has 5 nitrogen and oxygen atoms in total. The van der Waals surface area contributed by atoms with Crippen molar-refractivity contribution in [3.8, 4) is 5.75 Å². The van der Waals surface area contributed by atoms with Crippen LogP contribution in [-0.2, 0) is 0 Å². The van der Waals surface area contributed by atoms with E-state index in [2.05, 4.69) is 34.4 Å². The summed E-state index contributed by atoms with van der Waals surface area (Å²) < 4.78 is 18.7. The fraction of sp³-hybridized carbons (Fsp3) is 0.632. The Balaban J connectivity index is 1.72. The van der Waals surface area contributed by atoms with Gasteiger partial charge in [-0.2, -0.15) is 0 Å². The molecule has 2 N–H and O–H groups in total. The second kappa shape index (κ2) is 9.61. The van der Waals surface area contributed by atoms with Crippen molar-refractivity contribution < 1.29 is 9.13 Å². The van der Waals surface area contributed by atoms with Gasteiger partial charge in [0.25, 0.3) is 0 Å². The Labute approximate surface area is 150 Å². The van der Waals surface area contributed by atoms with Crippen molar-refractivity contribution in [1.29, 1.82) is 0 Å². The topological polar surface area (TPSA) is 48.9 Å². The first-order valence-electron chi connectivity index (χ1n) is 9.11. The smallest absolute Gasteiger partial charge is 0.191 e. The number of ether oxygens (including phenoxy) is 1. The number of guanidine groups is 1. The van der Waals surface area contributed by atoms with Gasteiger partial charge in [-0.15, -0.1) is 0 Å². The molecule has 1 saturated heterocycles. The average Bonchev–Trinajstić information content (AvgIpc) is 2.61. The van der Waals surface area contributed by atoms with Gasteiger partial charge in [-0.1, -0.05) is 0 Å². The molecule has 2 rings (SSSR count). The number of aliphatic imine (C=N–C) groups is 1. The average molecular weight is 350 g/mol. The lowest BCUT2D eigenvalue weighted by Gasteiger charge is -2.35. The zero-order valence-electron chi connectivity index (χ0n) is 15.8. The third-order valence-corrected chi connectivity index (χ3v) is 4.53. The number of nitrogens with one attached hydrogen (secondary N) is 2. The van der Waals surface area contributed by atoms with Crippen LogP contribution in [0, 0.1) is 5.82 Å². The van der Waals surface area contributed by atoms with Crippen LogP contribution in [0.3, 0.4) is 0 Å².